The van der Waals surface area contributed by atoms with Gasteiger partial charge in [-0.05, 0) is 48.6 Å². The van der Waals surface area contributed by atoms with Crippen molar-refractivity contribution >= 4 is 29.5 Å². The van der Waals surface area contributed by atoms with Gasteiger partial charge in [0.2, 0.25) is 29.5 Å². The molecule has 0 aromatic heterocycles. The summed E-state index contributed by atoms with van der Waals surface area (Å²) in [7, 11) is 3.25. The molecule has 0 fully saturated rings. The molecule has 0 aliphatic rings. The largest absolute Gasteiger partial charge is 0.354 e. The number of carbonyl (C=O) groups is 5. The first-order valence-electron chi connectivity index (χ1n) is 16.6. The lowest BCUT2D eigenvalue weighted by Crippen LogP contribution is -2.62. The zero-order valence-corrected chi connectivity index (χ0v) is 30.1. The monoisotopic (exact) mass is 644 g/mol. The maximum atomic E-state index is 13.8. The van der Waals surface area contributed by atoms with Crippen molar-refractivity contribution < 1.29 is 24.0 Å². The molecule has 5 N–H and O–H groups in total. The highest BCUT2D eigenvalue weighted by atomic mass is 16.2. The number of rotatable bonds is 18. The number of likely N-dealkylation sites (N-methyl/N-ethyl adjacent to an activating group) is 2. The van der Waals surface area contributed by atoms with Crippen LogP contribution in [0.1, 0.15) is 74.8 Å². The lowest BCUT2D eigenvalue weighted by Gasteiger charge is -2.36. The van der Waals surface area contributed by atoms with E-state index in [0.717, 1.165) is 5.56 Å². The highest BCUT2D eigenvalue weighted by Gasteiger charge is 2.38. The summed E-state index contributed by atoms with van der Waals surface area (Å²) in [5.74, 6) is -2.96. The van der Waals surface area contributed by atoms with Crippen LogP contribution in [-0.2, 0) is 30.4 Å². The molecule has 5 amide bonds. The molecule has 1 aromatic rings. The molecule has 0 saturated carbocycles. The number of benzene rings is 1. The van der Waals surface area contributed by atoms with E-state index in [1.165, 1.54) is 4.90 Å². The van der Waals surface area contributed by atoms with Gasteiger partial charge in [-0.3, -0.25) is 24.0 Å². The van der Waals surface area contributed by atoms with E-state index in [9.17, 15) is 24.0 Å². The molecule has 0 heterocycles. The fourth-order valence-corrected chi connectivity index (χ4v) is 5.44. The third-order valence-electron chi connectivity index (χ3n) is 8.21. The first-order valence-corrected chi connectivity index (χ1v) is 16.6. The number of hydrogen-bond acceptors (Lipinski definition) is 6. The zero-order valence-electron chi connectivity index (χ0n) is 30.1. The van der Waals surface area contributed by atoms with Crippen LogP contribution >= 0.6 is 0 Å². The molecule has 46 heavy (non-hydrogen) atoms. The van der Waals surface area contributed by atoms with Gasteiger partial charge in [0.25, 0.3) is 0 Å². The van der Waals surface area contributed by atoms with E-state index >= 15 is 0 Å². The average Bonchev–Trinajstić information content (AvgIpc) is 2.96. The van der Waals surface area contributed by atoms with Crippen molar-refractivity contribution in [1.82, 2.24) is 31.5 Å². The molecule has 0 unspecified atom stereocenters. The molecule has 0 aliphatic carbocycles. The maximum Gasteiger partial charge on any atom is 0.245 e. The zero-order chi connectivity index (χ0) is 35.3. The summed E-state index contributed by atoms with van der Waals surface area (Å²) in [4.78, 5) is 68.6. The third kappa shape index (κ3) is 12.0. The summed E-state index contributed by atoms with van der Waals surface area (Å²) < 4.78 is 0. The molecule has 0 radical (unpaired) electrons. The van der Waals surface area contributed by atoms with Crippen molar-refractivity contribution in [3.63, 3.8) is 0 Å². The van der Waals surface area contributed by atoms with Gasteiger partial charge >= 0.3 is 0 Å². The Kier molecular flexibility index (Phi) is 17.0. The van der Waals surface area contributed by atoms with Gasteiger partial charge in [-0.25, -0.2) is 0 Å². The highest BCUT2D eigenvalue weighted by Crippen LogP contribution is 2.16. The van der Waals surface area contributed by atoms with Crippen LogP contribution in [0.25, 0.3) is 0 Å². The van der Waals surface area contributed by atoms with Crippen molar-refractivity contribution in [3.05, 3.63) is 35.9 Å². The summed E-state index contributed by atoms with van der Waals surface area (Å²) in [5.41, 5.74) is 1.10. The predicted molar refractivity (Wildman–Crippen MR) is 183 cm³/mol. The van der Waals surface area contributed by atoms with E-state index in [1.807, 2.05) is 99.6 Å². The van der Waals surface area contributed by atoms with Gasteiger partial charge in [-0.15, -0.1) is 0 Å². The van der Waals surface area contributed by atoms with Gasteiger partial charge in [-0.2, -0.15) is 0 Å². The fourth-order valence-electron chi connectivity index (χ4n) is 5.44. The van der Waals surface area contributed by atoms with E-state index in [4.69, 9.17) is 0 Å². The third-order valence-corrected chi connectivity index (χ3v) is 8.21. The molecule has 0 spiro atoms. The standard InChI is InChI=1S/C35H60N6O5/c1-20(2)26(36-11)32(43)40-29(23(7)8)35(46)41(12)30(24(9)10)34(45)39-28(22(5)6)33(44)38-27(21(3)4)31(42)37-19-18-25-16-14-13-15-17-25/h13-17,20-24,26-30,36H,18-19H2,1-12H3,(H,37,42)(H,38,44)(H,39,45)(H,40,43)/t26-,27-,28-,29-,30-/m1/s1. The van der Waals surface area contributed by atoms with Crippen LogP contribution in [0.15, 0.2) is 30.3 Å². The van der Waals surface area contributed by atoms with Crippen molar-refractivity contribution in [2.45, 2.75) is 106 Å². The van der Waals surface area contributed by atoms with Gasteiger partial charge in [-0.1, -0.05) is 99.6 Å². The topological polar surface area (TPSA) is 149 Å². The molecule has 0 saturated heterocycles. The SMILES string of the molecule is CN[C@@H](C(=O)N[C@@H](C(=O)N(C)[C@@H](C(=O)N[C@@H](C(=O)N[C@@H](C(=O)NCCc1ccccc1)C(C)C)C(C)C)C(C)C)C(C)C)C(C)C. The fraction of sp³-hybridized carbons (Fsp3) is 0.686. The minimum Gasteiger partial charge on any atom is -0.354 e. The second-order valence-electron chi connectivity index (χ2n) is 13.9. The van der Waals surface area contributed by atoms with Gasteiger partial charge in [0, 0.05) is 13.6 Å². The molecule has 5 atom stereocenters. The smallest absolute Gasteiger partial charge is 0.245 e. The van der Waals surface area contributed by atoms with Crippen LogP contribution in [0.3, 0.4) is 0 Å². The van der Waals surface area contributed by atoms with E-state index in [2.05, 4.69) is 26.6 Å². The molecule has 0 bridgehead atoms. The number of nitrogens with zero attached hydrogens (tertiary/aromatic N) is 1. The lowest BCUT2D eigenvalue weighted by molar-refractivity contribution is -0.145. The first kappa shape index (κ1) is 40.6. The first-order chi connectivity index (χ1) is 21.4. The summed E-state index contributed by atoms with van der Waals surface area (Å²) in [6.07, 6.45) is 0.661. The van der Waals surface area contributed by atoms with E-state index < -0.39 is 47.9 Å². The molecule has 1 rings (SSSR count). The Bertz CT molecular complexity index is 1140. The number of carbonyl (C=O) groups excluding carboxylic acids is 5. The lowest BCUT2D eigenvalue weighted by atomic mass is 9.95. The molecular formula is C35H60N6O5. The number of nitrogens with one attached hydrogen (secondary N) is 5. The van der Waals surface area contributed by atoms with E-state index in [1.54, 1.807) is 14.1 Å². The minimum absolute atomic E-state index is 0.00889. The van der Waals surface area contributed by atoms with Crippen molar-refractivity contribution in [2.75, 3.05) is 20.6 Å². The normalized spacial score (nSPS) is 14.9. The predicted octanol–water partition coefficient (Wildman–Crippen LogP) is 2.49. The Morgan fingerprint density at radius 2 is 1.02 bits per heavy atom. The Balaban J connectivity index is 3.07. The minimum atomic E-state index is -0.946. The van der Waals surface area contributed by atoms with Crippen LogP contribution < -0.4 is 26.6 Å². The molecular weight excluding hydrogens is 584 g/mol. The van der Waals surface area contributed by atoms with Gasteiger partial charge < -0.3 is 31.5 Å². The maximum absolute atomic E-state index is 13.8. The Hall–Kier alpha value is -3.47. The Labute approximate surface area is 276 Å². The summed E-state index contributed by atoms with van der Waals surface area (Å²) in [6, 6.07) is 5.83. The second-order valence-corrected chi connectivity index (χ2v) is 13.9. The molecule has 1 aromatic carbocycles. The molecule has 260 valence electrons. The quantitative estimate of drug-likeness (QED) is 0.166. The second kappa shape index (κ2) is 19.3. The van der Waals surface area contributed by atoms with Gasteiger partial charge in [0.15, 0.2) is 0 Å². The van der Waals surface area contributed by atoms with E-state index in [0.29, 0.717) is 13.0 Å². The van der Waals surface area contributed by atoms with Crippen LogP contribution in [-0.4, -0.2) is 85.3 Å². The number of hydrogen-bond donors (Lipinski definition) is 5. The molecule has 11 heteroatoms. The summed E-state index contributed by atoms with van der Waals surface area (Å²) in [5, 5.41) is 14.5. The molecule has 0 aliphatic heterocycles. The van der Waals surface area contributed by atoms with Crippen LogP contribution in [0.4, 0.5) is 0 Å². The average molecular weight is 645 g/mol. The van der Waals surface area contributed by atoms with Crippen molar-refractivity contribution in [1.29, 1.82) is 0 Å². The van der Waals surface area contributed by atoms with Crippen LogP contribution in [0.5, 0.6) is 0 Å². The van der Waals surface area contributed by atoms with Crippen molar-refractivity contribution in [3.8, 4) is 0 Å². The van der Waals surface area contributed by atoms with Crippen LogP contribution in [0, 0.1) is 29.6 Å². The summed E-state index contributed by atoms with van der Waals surface area (Å²) >= 11 is 0. The van der Waals surface area contributed by atoms with Gasteiger partial charge in [0.1, 0.15) is 24.2 Å². The van der Waals surface area contributed by atoms with E-state index in [-0.39, 0.29) is 41.4 Å². The summed E-state index contributed by atoms with van der Waals surface area (Å²) in [6.45, 7) is 18.9. The van der Waals surface area contributed by atoms with Gasteiger partial charge in [0.05, 0.1) is 6.04 Å². The van der Waals surface area contributed by atoms with Crippen LogP contribution in [0.2, 0.25) is 0 Å². The molecule has 11 nitrogen and oxygen atoms in total. The number of amides is 5. The Morgan fingerprint density at radius 1 is 0.587 bits per heavy atom. The van der Waals surface area contributed by atoms with Crippen molar-refractivity contribution in [2.24, 2.45) is 29.6 Å². The highest BCUT2D eigenvalue weighted by molar-refractivity contribution is 5.96. The Morgan fingerprint density at radius 3 is 1.48 bits per heavy atom.